The summed E-state index contributed by atoms with van der Waals surface area (Å²) in [5.74, 6) is -0.746. The van der Waals surface area contributed by atoms with Crippen LogP contribution in [0.1, 0.15) is 24.5 Å². The van der Waals surface area contributed by atoms with E-state index in [9.17, 15) is 4.79 Å². The first-order valence-corrected chi connectivity index (χ1v) is 5.90. The molecule has 0 bridgehead atoms. The molecule has 1 heterocycles. The van der Waals surface area contributed by atoms with E-state index in [1.807, 2.05) is 19.1 Å². The van der Waals surface area contributed by atoms with Crippen LogP contribution in [0.25, 0.3) is 0 Å². The molecular weight excluding hydrogens is 216 g/mol. The fraction of sp³-hybridized carbons (Fsp3) is 0.462. The molecule has 0 aliphatic carbocycles. The van der Waals surface area contributed by atoms with Gasteiger partial charge in [-0.2, -0.15) is 0 Å². The topological polar surface area (TPSA) is 66.6 Å². The van der Waals surface area contributed by atoms with E-state index >= 15 is 0 Å². The van der Waals surface area contributed by atoms with Crippen LogP contribution in [0.3, 0.4) is 0 Å². The first kappa shape index (κ1) is 11.9. The minimum absolute atomic E-state index is 0.0558. The third kappa shape index (κ3) is 2.58. The van der Waals surface area contributed by atoms with Gasteiger partial charge < -0.3 is 10.8 Å². The molecule has 0 aromatic heterocycles. The van der Waals surface area contributed by atoms with Gasteiger partial charge in [-0.3, -0.25) is 9.69 Å². The van der Waals surface area contributed by atoms with E-state index in [0.29, 0.717) is 0 Å². The third-order valence-corrected chi connectivity index (χ3v) is 3.43. The van der Waals surface area contributed by atoms with E-state index in [0.717, 1.165) is 30.8 Å². The molecule has 3 N–H and O–H groups in total. The Bertz CT molecular complexity index is 431. The summed E-state index contributed by atoms with van der Waals surface area (Å²) in [6.45, 7) is 3.62. The molecule has 17 heavy (non-hydrogen) atoms. The number of benzene rings is 1. The van der Waals surface area contributed by atoms with Gasteiger partial charge in [0.25, 0.3) is 0 Å². The predicted molar refractivity (Wildman–Crippen MR) is 66.7 cm³/mol. The molecule has 1 aromatic rings. The summed E-state index contributed by atoms with van der Waals surface area (Å²) in [4.78, 5) is 12.9. The number of carboxylic acids is 1. The van der Waals surface area contributed by atoms with E-state index in [1.54, 1.807) is 0 Å². The third-order valence-electron chi connectivity index (χ3n) is 3.43. The molecule has 4 nitrogen and oxygen atoms in total. The Morgan fingerprint density at radius 3 is 3.06 bits per heavy atom. The van der Waals surface area contributed by atoms with Crippen molar-refractivity contribution in [2.24, 2.45) is 0 Å². The van der Waals surface area contributed by atoms with Crippen molar-refractivity contribution in [3.8, 4) is 0 Å². The Morgan fingerprint density at radius 2 is 2.35 bits per heavy atom. The van der Waals surface area contributed by atoms with E-state index in [4.69, 9.17) is 10.8 Å². The van der Waals surface area contributed by atoms with E-state index in [-0.39, 0.29) is 12.5 Å². The van der Waals surface area contributed by atoms with Crippen molar-refractivity contribution in [2.45, 2.75) is 32.4 Å². The maximum absolute atomic E-state index is 10.7. The molecule has 0 amide bonds. The van der Waals surface area contributed by atoms with Crippen LogP contribution in [0.5, 0.6) is 0 Å². The van der Waals surface area contributed by atoms with Gasteiger partial charge in [0.2, 0.25) is 0 Å². The minimum Gasteiger partial charge on any atom is -0.481 e. The van der Waals surface area contributed by atoms with Crippen LogP contribution in [0.2, 0.25) is 0 Å². The minimum atomic E-state index is -0.746. The van der Waals surface area contributed by atoms with E-state index < -0.39 is 5.97 Å². The van der Waals surface area contributed by atoms with Crippen molar-refractivity contribution in [1.82, 2.24) is 4.90 Å². The Hall–Kier alpha value is -1.55. The highest BCUT2D eigenvalue weighted by molar-refractivity contribution is 5.67. The number of nitrogens with zero attached hydrogens (tertiary/aromatic N) is 1. The summed E-state index contributed by atoms with van der Waals surface area (Å²) in [5.41, 5.74) is 9.23. The first-order valence-electron chi connectivity index (χ1n) is 5.90. The number of carbonyl (C=O) groups is 1. The molecular formula is C13H18N2O2. The average molecular weight is 234 g/mol. The van der Waals surface area contributed by atoms with Crippen LogP contribution >= 0.6 is 0 Å². The van der Waals surface area contributed by atoms with Crippen molar-refractivity contribution in [3.05, 3.63) is 29.3 Å². The number of fused-ring (bicyclic) bond motifs is 1. The van der Waals surface area contributed by atoms with Crippen LogP contribution < -0.4 is 5.73 Å². The molecule has 0 spiro atoms. The maximum Gasteiger partial charge on any atom is 0.304 e. The van der Waals surface area contributed by atoms with Gasteiger partial charge >= 0.3 is 5.97 Å². The van der Waals surface area contributed by atoms with Crippen LogP contribution in [0.4, 0.5) is 5.69 Å². The second kappa shape index (κ2) is 4.75. The largest absolute Gasteiger partial charge is 0.481 e. The molecule has 1 aromatic carbocycles. The lowest BCUT2D eigenvalue weighted by molar-refractivity contribution is -0.138. The van der Waals surface area contributed by atoms with Gasteiger partial charge in [0, 0.05) is 24.8 Å². The van der Waals surface area contributed by atoms with Gasteiger partial charge in [-0.05, 0) is 30.5 Å². The van der Waals surface area contributed by atoms with E-state index in [1.165, 1.54) is 5.56 Å². The summed E-state index contributed by atoms with van der Waals surface area (Å²) in [6.07, 6.45) is 1.13. The second-order valence-corrected chi connectivity index (χ2v) is 4.65. The van der Waals surface area contributed by atoms with E-state index in [2.05, 4.69) is 11.0 Å². The maximum atomic E-state index is 10.7. The highest BCUT2D eigenvalue weighted by Gasteiger charge is 2.23. The molecule has 1 aliphatic rings. The number of nitrogens with two attached hydrogens (primary N) is 1. The number of carboxylic acid groups (broad SMARTS) is 1. The molecule has 0 fully saturated rings. The Labute approximate surface area is 101 Å². The van der Waals surface area contributed by atoms with Crippen LogP contribution in [-0.2, 0) is 17.8 Å². The molecule has 0 radical (unpaired) electrons. The van der Waals surface area contributed by atoms with Gasteiger partial charge in [0.15, 0.2) is 0 Å². The van der Waals surface area contributed by atoms with Gasteiger partial charge in [-0.25, -0.2) is 0 Å². The van der Waals surface area contributed by atoms with Crippen molar-refractivity contribution in [2.75, 3.05) is 12.3 Å². The SMILES string of the molecule is CC(CC(=O)O)N1CCc2cccc(N)c2C1. The second-order valence-electron chi connectivity index (χ2n) is 4.65. The smallest absolute Gasteiger partial charge is 0.304 e. The van der Waals surface area contributed by atoms with Crippen molar-refractivity contribution in [3.63, 3.8) is 0 Å². The zero-order chi connectivity index (χ0) is 12.4. The number of nitrogen functional groups attached to an aromatic ring is 1. The van der Waals surface area contributed by atoms with Crippen LogP contribution in [-0.4, -0.2) is 28.6 Å². The Balaban J connectivity index is 2.12. The average Bonchev–Trinajstić information content (AvgIpc) is 2.28. The Morgan fingerprint density at radius 1 is 1.59 bits per heavy atom. The summed E-state index contributed by atoms with van der Waals surface area (Å²) in [7, 11) is 0. The fourth-order valence-electron chi connectivity index (χ4n) is 2.39. The monoisotopic (exact) mass is 234 g/mol. The van der Waals surface area contributed by atoms with Crippen molar-refractivity contribution < 1.29 is 9.90 Å². The molecule has 1 unspecified atom stereocenters. The van der Waals surface area contributed by atoms with Crippen LogP contribution in [0, 0.1) is 0 Å². The summed E-state index contributed by atoms with van der Waals surface area (Å²) in [6, 6.07) is 6.04. The number of rotatable bonds is 3. The molecule has 4 heteroatoms. The van der Waals surface area contributed by atoms with Gasteiger partial charge in [-0.1, -0.05) is 12.1 Å². The molecule has 1 aliphatic heterocycles. The molecule has 1 atom stereocenters. The number of hydrogen-bond donors (Lipinski definition) is 2. The predicted octanol–water partition coefficient (Wildman–Crippen LogP) is 1.49. The quantitative estimate of drug-likeness (QED) is 0.778. The van der Waals surface area contributed by atoms with Crippen molar-refractivity contribution in [1.29, 1.82) is 0 Å². The summed E-state index contributed by atoms with van der Waals surface area (Å²) in [5, 5.41) is 8.81. The fourth-order valence-corrected chi connectivity index (χ4v) is 2.39. The zero-order valence-electron chi connectivity index (χ0n) is 10.0. The molecule has 2 rings (SSSR count). The lowest BCUT2D eigenvalue weighted by Gasteiger charge is -2.33. The van der Waals surface area contributed by atoms with Gasteiger partial charge in [-0.15, -0.1) is 0 Å². The normalized spacial score (nSPS) is 17.5. The van der Waals surface area contributed by atoms with Crippen LogP contribution in [0.15, 0.2) is 18.2 Å². The molecule has 0 saturated heterocycles. The summed E-state index contributed by atoms with van der Waals surface area (Å²) < 4.78 is 0. The summed E-state index contributed by atoms with van der Waals surface area (Å²) >= 11 is 0. The van der Waals surface area contributed by atoms with Gasteiger partial charge in [0.05, 0.1) is 6.42 Å². The van der Waals surface area contributed by atoms with Crippen molar-refractivity contribution >= 4 is 11.7 Å². The number of hydrogen-bond acceptors (Lipinski definition) is 3. The lowest BCUT2D eigenvalue weighted by atomic mass is 9.97. The first-order chi connectivity index (χ1) is 8.08. The number of anilines is 1. The highest BCUT2D eigenvalue weighted by Crippen LogP contribution is 2.25. The Kier molecular flexibility index (Phi) is 3.33. The zero-order valence-corrected chi connectivity index (χ0v) is 10.0. The number of aliphatic carboxylic acids is 1. The molecule has 0 saturated carbocycles. The highest BCUT2D eigenvalue weighted by atomic mass is 16.4. The standard InChI is InChI=1S/C13H18N2O2/c1-9(7-13(16)17)15-6-5-10-3-2-4-12(14)11(10)8-15/h2-4,9H,5-8,14H2,1H3,(H,16,17). The van der Waals surface area contributed by atoms with Gasteiger partial charge in [0.1, 0.15) is 0 Å². The molecule has 92 valence electrons. The lowest BCUT2D eigenvalue weighted by Crippen LogP contribution is -2.39.